The molecule has 126 valence electrons. The SMILES string of the molecule is O=C(c1cc([N+](=O)[O-])c(Cl)s1)N(Cc1ccccc1)c1ccccc1. The van der Waals surface area contributed by atoms with E-state index >= 15 is 0 Å². The van der Waals surface area contributed by atoms with Gasteiger partial charge in [-0.05, 0) is 17.7 Å². The van der Waals surface area contributed by atoms with Crippen molar-refractivity contribution in [2.24, 2.45) is 0 Å². The van der Waals surface area contributed by atoms with Crippen molar-refractivity contribution in [2.45, 2.75) is 6.54 Å². The van der Waals surface area contributed by atoms with Crippen LogP contribution >= 0.6 is 22.9 Å². The molecule has 0 fully saturated rings. The molecule has 25 heavy (non-hydrogen) atoms. The van der Waals surface area contributed by atoms with E-state index < -0.39 is 4.92 Å². The van der Waals surface area contributed by atoms with E-state index in [1.807, 2.05) is 60.7 Å². The summed E-state index contributed by atoms with van der Waals surface area (Å²) in [5.74, 6) is -0.324. The number of hydrogen-bond acceptors (Lipinski definition) is 4. The predicted octanol–water partition coefficient (Wildman–Crippen LogP) is 5.16. The summed E-state index contributed by atoms with van der Waals surface area (Å²) in [6.07, 6.45) is 0. The van der Waals surface area contributed by atoms with Crippen LogP contribution in [0, 0.1) is 10.1 Å². The number of nitro groups is 1. The van der Waals surface area contributed by atoms with E-state index in [9.17, 15) is 14.9 Å². The van der Waals surface area contributed by atoms with Gasteiger partial charge < -0.3 is 4.90 Å². The van der Waals surface area contributed by atoms with Gasteiger partial charge in [-0.15, -0.1) is 11.3 Å². The van der Waals surface area contributed by atoms with Gasteiger partial charge in [0.1, 0.15) is 4.88 Å². The first-order valence-corrected chi connectivity index (χ1v) is 8.60. The number of carbonyl (C=O) groups excluding carboxylic acids is 1. The van der Waals surface area contributed by atoms with Gasteiger partial charge in [0.25, 0.3) is 11.6 Å². The van der Waals surface area contributed by atoms with Crippen molar-refractivity contribution in [3.63, 3.8) is 0 Å². The van der Waals surface area contributed by atoms with E-state index in [-0.39, 0.29) is 20.8 Å². The lowest BCUT2D eigenvalue weighted by Gasteiger charge is -2.22. The van der Waals surface area contributed by atoms with E-state index in [2.05, 4.69) is 0 Å². The van der Waals surface area contributed by atoms with E-state index in [1.54, 1.807) is 4.90 Å². The maximum absolute atomic E-state index is 13.0. The Morgan fingerprint density at radius 1 is 1.08 bits per heavy atom. The first-order valence-electron chi connectivity index (χ1n) is 7.41. The van der Waals surface area contributed by atoms with Crippen molar-refractivity contribution >= 4 is 40.2 Å². The summed E-state index contributed by atoms with van der Waals surface area (Å²) in [4.78, 5) is 25.2. The van der Waals surface area contributed by atoms with Gasteiger partial charge >= 0.3 is 0 Å². The first-order chi connectivity index (χ1) is 12.1. The molecule has 0 saturated heterocycles. The second-order valence-corrected chi connectivity index (χ2v) is 6.89. The third kappa shape index (κ3) is 3.87. The Balaban J connectivity index is 1.97. The second-order valence-electron chi connectivity index (χ2n) is 5.24. The van der Waals surface area contributed by atoms with Crippen LogP contribution in [0.5, 0.6) is 0 Å². The molecule has 7 heteroatoms. The summed E-state index contributed by atoms with van der Waals surface area (Å²) in [5.41, 5.74) is 1.42. The second kappa shape index (κ2) is 7.46. The molecule has 0 atom stereocenters. The van der Waals surface area contributed by atoms with Crippen molar-refractivity contribution < 1.29 is 9.72 Å². The van der Waals surface area contributed by atoms with E-state index in [4.69, 9.17) is 11.6 Å². The van der Waals surface area contributed by atoms with Crippen molar-refractivity contribution in [3.05, 3.63) is 91.6 Å². The highest BCUT2D eigenvalue weighted by Gasteiger charge is 2.25. The van der Waals surface area contributed by atoms with E-state index in [1.165, 1.54) is 6.07 Å². The number of halogens is 1. The molecule has 0 unspecified atom stereocenters. The highest BCUT2D eigenvalue weighted by Crippen LogP contribution is 2.35. The van der Waals surface area contributed by atoms with Gasteiger partial charge in [0.15, 0.2) is 4.34 Å². The van der Waals surface area contributed by atoms with Crippen molar-refractivity contribution in [1.82, 2.24) is 0 Å². The van der Waals surface area contributed by atoms with Crippen LogP contribution in [0.1, 0.15) is 15.2 Å². The molecular weight excluding hydrogens is 360 g/mol. The molecule has 0 aliphatic carbocycles. The minimum Gasteiger partial charge on any atom is -0.303 e. The molecule has 0 bridgehead atoms. The fourth-order valence-electron chi connectivity index (χ4n) is 2.38. The molecule has 1 amide bonds. The van der Waals surface area contributed by atoms with Gasteiger partial charge in [0.2, 0.25) is 0 Å². The standard InChI is InChI=1S/C18H13ClN2O3S/c19-17-15(21(23)24)11-16(25-17)18(22)20(14-9-5-2-6-10-14)12-13-7-3-1-4-8-13/h1-11H,12H2. The monoisotopic (exact) mass is 372 g/mol. The lowest BCUT2D eigenvalue weighted by atomic mass is 10.2. The lowest BCUT2D eigenvalue weighted by molar-refractivity contribution is -0.384. The van der Waals surface area contributed by atoms with Crippen LogP contribution in [-0.4, -0.2) is 10.8 Å². The van der Waals surface area contributed by atoms with Crippen molar-refractivity contribution in [3.8, 4) is 0 Å². The van der Waals surface area contributed by atoms with Crippen LogP contribution in [0.4, 0.5) is 11.4 Å². The Labute approximate surface area is 153 Å². The fraction of sp³-hybridized carbons (Fsp3) is 0.0556. The van der Waals surface area contributed by atoms with Crippen LogP contribution in [0.2, 0.25) is 4.34 Å². The normalized spacial score (nSPS) is 10.4. The highest BCUT2D eigenvalue weighted by molar-refractivity contribution is 7.18. The van der Waals surface area contributed by atoms with Crippen LogP contribution in [0.15, 0.2) is 66.7 Å². The Morgan fingerprint density at radius 3 is 2.24 bits per heavy atom. The zero-order valence-corrected chi connectivity index (χ0v) is 14.5. The zero-order valence-electron chi connectivity index (χ0n) is 13.0. The number of rotatable bonds is 5. The first kappa shape index (κ1) is 17.1. The molecule has 3 rings (SSSR count). The molecule has 0 aliphatic heterocycles. The molecule has 0 spiro atoms. The van der Waals surface area contributed by atoms with Gasteiger partial charge in [-0.1, -0.05) is 60.1 Å². The van der Waals surface area contributed by atoms with Gasteiger partial charge in [0.05, 0.1) is 11.5 Å². The largest absolute Gasteiger partial charge is 0.303 e. The quantitative estimate of drug-likeness (QED) is 0.459. The Bertz CT molecular complexity index is 897. The topological polar surface area (TPSA) is 63.4 Å². The Hall–Kier alpha value is -2.70. The molecule has 1 aromatic heterocycles. The summed E-state index contributed by atoms with van der Waals surface area (Å²) in [6.45, 7) is 0.354. The van der Waals surface area contributed by atoms with Gasteiger partial charge in [-0.2, -0.15) is 0 Å². The fourth-order valence-corrected chi connectivity index (χ4v) is 3.55. The molecule has 3 aromatic rings. The van der Waals surface area contributed by atoms with Crippen LogP contribution in [0.3, 0.4) is 0 Å². The smallest absolute Gasteiger partial charge is 0.299 e. The molecule has 0 radical (unpaired) electrons. The Morgan fingerprint density at radius 2 is 1.68 bits per heavy atom. The number of benzene rings is 2. The predicted molar refractivity (Wildman–Crippen MR) is 99.4 cm³/mol. The van der Waals surface area contributed by atoms with Crippen LogP contribution in [-0.2, 0) is 6.54 Å². The Kier molecular flexibility index (Phi) is 5.11. The average Bonchev–Trinajstić information content (AvgIpc) is 3.03. The summed E-state index contributed by atoms with van der Waals surface area (Å²) in [5, 5.41) is 11.0. The molecule has 5 nitrogen and oxygen atoms in total. The van der Waals surface area contributed by atoms with Gasteiger partial charge in [-0.3, -0.25) is 14.9 Å². The van der Waals surface area contributed by atoms with Crippen LogP contribution < -0.4 is 4.90 Å². The number of anilines is 1. The average molecular weight is 373 g/mol. The number of carbonyl (C=O) groups is 1. The molecule has 0 N–H and O–H groups in total. The molecular formula is C18H13ClN2O3S. The minimum absolute atomic E-state index is 0.000993. The van der Waals surface area contributed by atoms with Gasteiger partial charge in [0, 0.05) is 11.8 Å². The summed E-state index contributed by atoms with van der Waals surface area (Å²) >= 11 is 6.82. The molecule has 2 aromatic carbocycles. The van der Waals surface area contributed by atoms with E-state index in [0.29, 0.717) is 12.2 Å². The number of para-hydroxylation sites is 1. The summed E-state index contributed by atoms with van der Waals surface area (Å²) in [7, 11) is 0. The number of thiophene rings is 1. The maximum Gasteiger partial charge on any atom is 0.299 e. The zero-order chi connectivity index (χ0) is 17.8. The summed E-state index contributed by atoms with van der Waals surface area (Å²) in [6, 6.07) is 20.0. The number of hydrogen-bond donors (Lipinski definition) is 0. The molecule has 0 aliphatic rings. The van der Waals surface area contributed by atoms with E-state index in [0.717, 1.165) is 16.9 Å². The lowest BCUT2D eigenvalue weighted by Crippen LogP contribution is -2.29. The van der Waals surface area contributed by atoms with Gasteiger partial charge in [-0.25, -0.2) is 0 Å². The minimum atomic E-state index is -0.584. The summed E-state index contributed by atoms with van der Waals surface area (Å²) < 4.78 is 0.000993. The number of amides is 1. The maximum atomic E-state index is 13.0. The van der Waals surface area contributed by atoms with Crippen molar-refractivity contribution in [2.75, 3.05) is 4.90 Å². The van der Waals surface area contributed by atoms with Crippen LogP contribution in [0.25, 0.3) is 0 Å². The highest BCUT2D eigenvalue weighted by atomic mass is 35.5. The number of nitrogens with zero attached hydrogens (tertiary/aromatic N) is 2. The molecule has 0 saturated carbocycles. The van der Waals surface area contributed by atoms with Crippen molar-refractivity contribution in [1.29, 1.82) is 0 Å². The molecule has 1 heterocycles. The third-order valence-corrected chi connectivity index (χ3v) is 4.90. The third-order valence-electron chi connectivity index (χ3n) is 3.57.